The minimum atomic E-state index is 0.819. The lowest BCUT2D eigenvalue weighted by atomic mass is 9.99. The van der Waals surface area contributed by atoms with Gasteiger partial charge >= 0.3 is 0 Å². The van der Waals surface area contributed by atoms with Gasteiger partial charge in [-0.3, -0.25) is 0 Å². The lowest BCUT2D eigenvalue weighted by molar-refractivity contribution is 0.402. The maximum absolute atomic E-state index is 5.27. The molecule has 0 saturated carbocycles. The van der Waals surface area contributed by atoms with Crippen molar-refractivity contribution in [3.8, 4) is 0 Å². The molecule has 1 aromatic rings. The summed E-state index contributed by atoms with van der Waals surface area (Å²) in [6.45, 7) is 6.49. The van der Waals surface area contributed by atoms with Crippen LogP contribution in [0.3, 0.4) is 0 Å². The van der Waals surface area contributed by atoms with Gasteiger partial charge in [0.25, 0.3) is 0 Å². The van der Waals surface area contributed by atoms with E-state index in [9.17, 15) is 0 Å². The summed E-state index contributed by atoms with van der Waals surface area (Å²) in [6, 6.07) is 3.95. The van der Waals surface area contributed by atoms with Crippen molar-refractivity contribution in [1.82, 2.24) is 5.32 Å². The molecule has 1 heterocycles. The maximum Gasteiger partial charge on any atom is 0.117 e. The van der Waals surface area contributed by atoms with Gasteiger partial charge in [-0.2, -0.15) is 0 Å². The van der Waals surface area contributed by atoms with E-state index >= 15 is 0 Å². The van der Waals surface area contributed by atoms with Crippen LogP contribution in [-0.4, -0.2) is 6.54 Å². The lowest BCUT2D eigenvalue weighted by Crippen LogP contribution is -2.21. The molecular weight excluding hydrogens is 186 g/mol. The van der Waals surface area contributed by atoms with Gasteiger partial charge in [0.2, 0.25) is 0 Å². The molecule has 0 aliphatic rings. The van der Waals surface area contributed by atoms with Crippen molar-refractivity contribution in [1.29, 1.82) is 0 Å². The molecule has 1 N–H and O–H groups in total. The van der Waals surface area contributed by atoms with E-state index in [2.05, 4.69) is 19.2 Å². The van der Waals surface area contributed by atoms with Gasteiger partial charge in [0.1, 0.15) is 5.76 Å². The van der Waals surface area contributed by atoms with Crippen molar-refractivity contribution in [3.05, 3.63) is 24.2 Å². The largest absolute Gasteiger partial charge is 0.468 e. The highest BCUT2D eigenvalue weighted by Gasteiger charge is 2.05. The van der Waals surface area contributed by atoms with Crippen molar-refractivity contribution in [2.75, 3.05) is 6.54 Å². The van der Waals surface area contributed by atoms with Gasteiger partial charge in [0.15, 0.2) is 0 Å². The van der Waals surface area contributed by atoms with Crippen LogP contribution in [0.4, 0.5) is 0 Å². The van der Waals surface area contributed by atoms with Gasteiger partial charge in [-0.15, -0.1) is 0 Å². The standard InChI is InChI=1S/C13H23NO/c1-3-5-7-12(4-2)10-14-11-13-8-6-9-15-13/h6,8-9,12,14H,3-5,7,10-11H2,1-2H3. The fraction of sp³-hybridized carbons (Fsp3) is 0.692. The summed E-state index contributed by atoms with van der Waals surface area (Å²) >= 11 is 0. The average molecular weight is 209 g/mol. The molecule has 0 saturated heterocycles. The molecule has 1 rings (SSSR count). The number of unbranched alkanes of at least 4 members (excludes halogenated alkanes) is 1. The van der Waals surface area contributed by atoms with Crippen LogP contribution in [0.1, 0.15) is 45.3 Å². The Balaban J connectivity index is 2.11. The third-order valence-corrected chi connectivity index (χ3v) is 2.86. The van der Waals surface area contributed by atoms with Crippen molar-refractivity contribution in [2.45, 2.75) is 46.1 Å². The Morgan fingerprint density at radius 3 is 2.87 bits per heavy atom. The minimum Gasteiger partial charge on any atom is -0.468 e. The van der Waals surface area contributed by atoms with Gasteiger partial charge in [0, 0.05) is 0 Å². The van der Waals surface area contributed by atoms with Crippen molar-refractivity contribution < 1.29 is 4.42 Å². The quantitative estimate of drug-likeness (QED) is 0.708. The zero-order chi connectivity index (χ0) is 10.9. The van der Waals surface area contributed by atoms with E-state index in [1.807, 2.05) is 12.1 Å². The van der Waals surface area contributed by atoms with E-state index in [1.54, 1.807) is 6.26 Å². The third kappa shape index (κ3) is 5.03. The molecule has 0 aromatic carbocycles. The molecule has 15 heavy (non-hydrogen) atoms. The van der Waals surface area contributed by atoms with Crippen LogP contribution >= 0.6 is 0 Å². The lowest BCUT2D eigenvalue weighted by Gasteiger charge is -2.14. The maximum atomic E-state index is 5.27. The van der Waals surface area contributed by atoms with Crippen LogP contribution in [-0.2, 0) is 6.54 Å². The normalized spacial score (nSPS) is 12.9. The summed E-state index contributed by atoms with van der Waals surface area (Å²) in [4.78, 5) is 0. The molecular formula is C13H23NO. The van der Waals surface area contributed by atoms with E-state index in [0.29, 0.717) is 0 Å². The van der Waals surface area contributed by atoms with Crippen LogP contribution < -0.4 is 5.32 Å². The Labute approximate surface area is 93.1 Å². The molecule has 0 aliphatic carbocycles. The first-order valence-corrected chi connectivity index (χ1v) is 6.09. The molecule has 0 spiro atoms. The Kier molecular flexibility index (Phi) is 6.17. The highest BCUT2D eigenvalue weighted by molar-refractivity contribution is 4.97. The first-order valence-electron chi connectivity index (χ1n) is 6.09. The first kappa shape index (κ1) is 12.3. The number of hydrogen-bond donors (Lipinski definition) is 1. The Hall–Kier alpha value is -0.760. The second kappa shape index (κ2) is 7.52. The Morgan fingerprint density at radius 1 is 1.40 bits per heavy atom. The van der Waals surface area contributed by atoms with Gasteiger partial charge < -0.3 is 9.73 Å². The summed E-state index contributed by atoms with van der Waals surface area (Å²) in [6.07, 6.45) is 6.99. The van der Waals surface area contributed by atoms with Gasteiger partial charge in [-0.25, -0.2) is 0 Å². The van der Waals surface area contributed by atoms with Crippen molar-refractivity contribution in [3.63, 3.8) is 0 Å². The molecule has 86 valence electrons. The molecule has 0 fully saturated rings. The zero-order valence-electron chi connectivity index (χ0n) is 9.96. The van der Waals surface area contributed by atoms with E-state index in [0.717, 1.165) is 24.8 Å². The van der Waals surface area contributed by atoms with E-state index < -0.39 is 0 Å². The van der Waals surface area contributed by atoms with Gasteiger partial charge in [-0.1, -0.05) is 33.1 Å². The predicted octanol–water partition coefficient (Wildman–Crippen LogP) is 3.59. The molecule has 1 unspecified atom stereocenters. The summed E-state index contributed by atoms with van der Waals surface area (Å²) in [7, 11) is 0. The molecule has 0 bridgehead atoms. The molecule has 2 heteroatoms. The van der Waals surface area contributed by atoms with Crippen LogP contribution in [0.2, 0.25) is 0 Å². The minimum absolute atomic E-state index is 0.819. The van der Waals surface area contributed by atoms with E-state index in [4.69, 9.17) is 4.42 Å². The van der Waals surface area contributed by atoms with Crippen LogP contribution in [0.5, 0.6) is 0 Å². The van der Waals surface area contributed by atoms with Crippen LogP contribution in [0.15, 0.2) is 22.8 Å². The third-order valence-electron chi connectivity index (χ3n) is 2.86. The topological polar surface area (TPSA) is 25.2 Å². The number of furan rings is 1. The second-order valence-corrected chi connectivity index (χ2v) is 4.13. The monoisotopic (exact) mass is 209 g/mol. The van der Waals surface area contributed by atoms with Crippen molar-refractivity contribution >= 4 is 0 Å². The molecule has 0 aliphatic heterocycles. The second-order valence-electron chi connectivity index (χ2n) is 4.13. The number of nitrogens with one attached hydrogen (secondary N) is 1. The Morgan fingerprint density at radius 2 is 2.27 bits per heavy atom. The summed E-state index contributed by atoms with van der Waals surface area (Å²) in [5.74, 6) is 1.85. The van der Waals surface area contributed by atoms with Crippen LogP contribution in [0.25, 0.3) is 0 Å². The predicted molar refractivity (Wildman–Crippen MR) is 63.7 cm³/mol. The highest BCUT2D eigenvalue weighted by Crippen LogP contribution is 2.11. The fourth-order valence-corrected chi connectivity index (χ4v) is 1.76. The summed E-state index contributed by atoms with van der Waals surface area (Å²) in [5, 5.41) is 3.45. The van der Waals surface area contributed by atoms with Gasteiger partial charge in [-0.05, 0) is 31.0 Å². The molecule has 0 radical (unpaired) electrons. The SMILES string of the molecule is CCCCC(CC)CNCc1ccco1. The zero-order valence-corrected chi connectivity index (χ0v) is 9.96. The fourth-order valence-electron chi connectivity index (χ4n) is 1.76. The molecule has 1 atom stereocenters. The summed E-state index contributed by atoms with van der Waals surface area (Å²) in [5.41, 5.74) is 0. The molecule has 0 amide bonds. The van der Waals surface area contributed by atoms with Crippen LogP contribution in [0, 0.1) is 5.92 Å². The Bertz CT molecular complexity index is 231. The van der Waals surface area contributed by atoms with Gasteiger partial charge in [0.05, 0.1) is 12.8 Å². The first-order chi connectivity index (χ1) is 7.36. The smallest absolute Gasteiger partial charge is 0.117 e. The van der Waals surface area contributed by atoms with E-state index in [1.165, 1.54) is 25.7 Å². The molecule has 1 aromatic heterocycles. The average Bonchev–Trinajstić information content (AvgIpc) is 2.76. The van der Waals surface area contributed by atoms with Crippen molar-refractivity contribution in [2.24, 2.45) is 5.92 Å². The van der Waals surface area contributed by atoms with E-state index in [-0.39, 0.29) is 0 Å². The highest BCUT2D eigenvalue weighted by atomic mass is 16.3. The molecule has 2 nitrogen and oxygen atoms in total. The number of hydrogen-bond acceptors (Lipinski definition) is 2. The summed E-state index contributed by atoms with van der Waals surface area (Å²) < 4.78 is 5.27. The number of rotatable bonds is 8.